The van der Waals surface area contributed by atoms with Gasteiger partial charge in [-0.3, -0.25) is 9.59 Å². The minimum atomic E-state index is -0.0903. The van der Waals surface area contributed by atoms with Crippen LogP contribution in [0.5, 0.6) is 0 Å². The van der Waals surface area contributed by atoms with E-state index in [2.05, 4.69) is 5.32 Å². The number of nitrogens with two attached hydrogens (primary N) is 1. The molecule has 0 aromatic carbocycles. The molecule has 0 aliphatic heterocycles. The van der Waals surface area contributed by atoms with Crippen molar-refractivity contribution in [2.75, 3.05) is 26.4 Å². The highest BCUT2D eigenvalue weighted by Crippen LogP contribution is 2.37. The fourth-order valence-corrected chi connectivity index (χ4v) is 2.02. The van der Waals surface area contributed by atoms with E-state index in [9.17, 15) is 9.59 Å². The van der Waals surface area contributed by atoms with E-state index in [1.54, 1.807) is 25.1 Å². The summed E-state index contributed by atoms with van der Waals surface area (Å²) in [4.78, 5) is 25.1. The molecule has 1 aliphatic rings. The fraction of sp³-hybridized carbons (Fsp3) is 0.538. The molecule has 6 nitrogen and oxygen atoms in total. The van der Waals surface area contributed by atoms with Crippen molar-refractivity contribution < 1.29 is 9.59 Å². The SMILES string of the molecule is CNC(=O)CCN(C)C(=O)c1cc(N)cn1C1CC1. The Balaban J connectivity index is 2.04. The molecule has 2 rings (SSSR count). The molecular formula is C13H20N4O2. The Kier molecular flexibility index (Phi) is 3.78. The molecule has 3 N–H and O–H groups in total. The maximum Gasteiger partial charge on any atom is 0.270 e. The summed E-state index contributed by atoms with van der Waals surface area (Å²) < 4.78 is 1.95. The second-order valence-corrected chi connectivity index (χ2v) is 4.95. The van der Waals surface area contributed by atoms with Gasteiger partial charge in [-0.2, -0.15) is 0 Å². The Morgan fingerprint density at radius 3 is 2.79 bits per heavy atom. The smallest absolute Gasteiger partial charge is 0.270 e. The number of anilines is 1. The molecular weight excluding hydrogens is 244 g/mol. The highest BCUT2D eigenvalue weighted by atomic mass is 16.2. The predicted molar refractivity (Wildman–Crippen MR) is 72.8 cm³/mol. The average Bonchev–Trinajstić information content (AvgIpc) is 3.17. The summed E-state index contributed by atoms with van der Waals surface area (Å²) in [7, 11) is 3.29. The molecule has 1 fully saturated rings. The predicted octanol–water partition coefficient (Wildman–Crippen LogP) is 0.613. The van der Waals surface area contributed by atoms with Crippen LogP contribution < -0.4 is 11.1 Å². The maximum atomic E-state index is 12.3. The molecule has 0 atom stereocenters. The van der Waals surface area contributed by atoms with Gasteiger partial charge < -0.3 is 20.5 Å². The van der Waals surface area contributed by atoms with Gasteiger partial charge in [-0.25, -0.2) is 0 Å². The molecule has 0 unspecified atom stereocenters. The van der Waals surface area contributed by atoms with Gasteiger partial charge in [0, 0.05) is 39.3 Å². The first kappa shape index (κ1) is 13.5. The number of nitrogens with zero attached hydrogens (tertiary/aromatic N) is 2. The number of carbonyl (C=O) groups excluding carboxylic acids is 2. The van der Waals surface area contributed by atoms with E-state index in [0.717, 1.165) is 12.8 Å². The Labute approximate surface area is 112 Å². The maximum absolute atomic E-state index is 12.3. The Morgan fingerprint density at radius 2 is 2.21 bits per heavy atom. The van der Waals surface area contributed by atoms with E-state index in [1.807, 2.05) is 10.8 Å². The van der Waals surface area contributed by atoms with E-state index >= 15 is 0 Å². The highest BCUT2D eigenvalue weighted by molar-refractivity contribution is 5.94. The van der Waals surface area contributed by atoms with Gasteiger partial charge in [0.1, 0.15) is 5.69 Å². The lowest BCUT2D eigenvalue weighted by Gasteiger charge is -2.17. The molecule has 6 heteroatoms. The van der Waals surface area contributed by atoms with Crippen LogP contribution >= 0.6 is 0 Å². The summed E-state index contributed by atoms with van der Waals surface area (Å²) in [5.74, 6) is -0.163. The minimum absolute atomic E-state index is 0.0725. The number of nitrogens with one attached hydrogen (secondary N) is 1. The average molecular weight is 264 g/mol. The number of amides is 2. The molecule has 0 saturated heterocycles. The van der Waals surface area contributed by atoms with Crippen LogP contribution in [0.3, 0.4) is 0 Å². The number of rotatable bonds is 5. The zero-order valence-electron chi connectivity index (χ0n) is 11.3. The van der Waals surface area contributed by atoms with Crippen LogP contribution in [0, 0.1) is 0 Å². The third-order valence-corrected chi connectivity index (χ3v) is 3.33. The number of aromatic nitrogens is 1. The Bertz CT molecular complexity index is 491. The van der Waals surface area contributed by atoms with Crippen LogP contribution in [0.1, 0.15) is 35.8 Å². The van der Waals surface area contributed by atoms with Gasteiger partial charge in [0.15, 0.2) is 0 Å². The first-order valence-electron chi connectivity index (χ1n) is 6.46. The second kappa shape index (κ2) is 5.34. The largest absolute Gasteiger partial charge is 0.397 e. The Hall–Kier alpha value is -1.98. The minimum Gasteiger partial charge on any atom is -0.397 e. The fourth-order valence-electron chi connectivity index (χ4n) is 2.02. The van der Waals surface area contributed by atoms with Crippen molar-refractivity contribution in [1.29, 1.82) is 0 Å². The second-order valence-electron chi connectivity index (χ2n) is 4.95. The van der Waals surface area contributed by atoms with Crippen LogP contribution in [-0.2, 0) is 4.79 Å². The quantitative estimate of drug-likeness (QED) is 0.817. The van der Waals surface area contributed by atoms with Gasteiger partial charge >= 0.3 is 0 Å². The molecule has 0 bridgehead atoms. The van der Waals surface area contributed by atoms with E-state index in [4.69, 9.17) is 5.73 Å². The Morgan fingerprint density at radius 1 is 1.53 bits per heavy atom. The normalized spacial score (nSPS) is 14.2. The van der Waals surface area contributed by atoms with Crippen LogP contribution in [0.15, 0.2) is 12.3 Å². The van der Waals surface area contributed by atoms with Crippen LogP contribution in [-0.4, -0.2) is 41.9 Å². The molecule has 1 saturated carbocycles. The van der Waals surface area contributed by atoms with Crippen LogP contribution in [0.4, 0.5) is 5.69 Å². The van der Waals surface area contributed by atoms with E-state index < -0.39 is 0 Å². The topological polar surface area (TPSA) is 80.4 Å². The van der Waals surface area contributed by atoms with E-state index in [0.29, 0.717) is 30.4 Å². The number of hydrogen-bond donors (Lipinski definition) is 2. The molecule has 1 aromatic rings. The number of nitrogen functional groups attached to an aromatic ring is 1. The van der Waals surface area contributed by atoms with Crippen molar-refractivity contribution in [3.8, 4) is 0 Å². The molecule has 1 aliphatic carbocycles. The molecule has 19 heavy (non-hydrogen) atoms. The van der Waals surface area contributed by atoms with Gasteiger partial charge in [-0.05, 0) is 18.9 Å². The van der Waals surface area contributed by atoms with Gasteiger partial charge in [0.25, 0.3) is 5.91 Å². The zero-order valence-corrected chi connectivity index (χ0v) is 11.3. The molecule has 2 amide bonds. The molecule has 104 valence electrons. The summed E-state index contributed by atoms with van der Waals surface area (Å²) in [6, 6.07) is 2.11. The zero-order chi connectivity index (χ0) is 14.0. The third-order valence-electron chi connectivity index (χ3n) is 3.33. The van der Waals surface area contributed by atoms with Crippen molar-refractivity contribution >= 4 is 17.5 Å². The number of carbonyl (C=O) groups is 2. The monoisotopic (exact) mass is 264 g/mol. The van der Waals surface area contributed by atoms with Gasteiger partial charge in [0.2, 0.25) is 5.91 Å². The number of hydrogen-bond acceptors (Lipinski definition) is 3. The van der Waals surface area contributed by atoms with E-state index in [1.165, 1.54) is 0 Å². The van der Waals surface area contributed by atoms with Crippen molar-refractivity contribution in [1.82, 2.24) is 14.8 Å². The lowest BCUT2D eigenvalue weighted by atomic mass is 10.3. The molecule has 0 radical (unpaired) electrons. The molecule has 1 aromatic heterocycles. The molecule has 0 spiro atoms. The molecule has 1 heterocycles. The van der Waals surface area contributed by atoms with Gasteiger partial charge in [0.05, 0.1) is 5.69 Å². The lowest BCUT2D eigenvalue weighted by molar-refractivity contribution is -0.120. The van der Waals surface area contributed by atoms with Crippen molar-refractivity contribution in [3.63, 3.8) is 0 Å². The third kappa shape index (κ3) is 3.07. The lowest BCUT2D eigenvalue weighted by Crippen LogP contribution is -2.32. The summed E-state index contributed by atoms with van der Waals surface area (Å²) in [6.45, 7) is 0.397. The highest BCUT2D eigenvalue weighted by Gasteiger charge is 2.28. The van der Waals surface area contributed by atoms with Crippen molar-refractivity contribution in [2.24, 2.45) is 0 Å². The first-order chi connectivity index (χ1) is 9.02. The van der Waals surface area contributed by atoms with E-state index in [-0.39, 0.29) is 11.8 Å². The summed E-state index contributed by atoms with van der Waals surface area (Å²) >= 11 is 0. The summed E-state index contributed by atoms with van der Waals surface area (Å²) in [5.41, 5.74) is 6.99. The van der Waals surface area contributed by atoms with Gasteiger partial charge in [-0.1, -0.05) is 0 Å². The summed E-state index contributed by atoms with van der Waals surface area (Å²) in [6.07, 6.45) is 4.31. The van der Waals surface area contributed by atoms with Gasteiger partial charge in [-0.15, -0.1) is 0 Å². The summed E-state index contributed by atoms with van der Waals surface area (Å²) in [5, 5.41) is 2.54. The first-order valence-corrected chi connectivity index (χ1v) is 6.46. The van der Waals surface area contributed by atoms with Crippen LogP contribution in [0.2, 0.25) is 0 Å². The standard InChI is InChI=1S/C13H20N4O2/c1-15-12(18)5-6-16(2)13(19)11-7-9(14)8-17(11)10-3-4-10/h7-8,10H,3-6,14H2,1-2H3,(H,15,18). The van der Waals surface area contributed by atoms with Crippen molar-refractivity contribution in [3.05, 3.63) is 18.0 Å². The van der Waals surface area contributed by atoms with Crippen LogP contribution in [0.25, 0.3) is 0 Å². The van der Waals surface area contributed by atoms with Crippen molar-refractivity contribution in [2.45, 2.75) is 25.3 Å².